The van der Waals surface area contributed by atoms with Crippen LogP contribution in [-0.4, -0.2) is 18.0 Å². The largest absolute Gasteiger partial charge is 0.462 e. The zero-order valence-electron chi connectivity index (χ0n) is 14.6. The Kier molecular flexibility index (Phi) is 9.73. The SMILES string of the molecule is CCCCCC(CC)OC(=O)CCCC(=O)Oc1ccccc1F. The molecule has 0 aromatic heterocycles. The first-order chi connectivity index (χ1) is 11.6. The normalized spacial score (nSPS) is 11.8. The Hall–Kier alpha value is -1.91. The van der Waals surface area contributed by atoms with Gasteiger partial charge in [-0.05, 0) is 37.8 Å². The van der Waals surface area contributed by atoms with Crippen molar-refractivity contribution in [1.29, 1.82) is 0 Å². The van der Waals surface area contributed by atoms with Gasteiger partial charge < -0.3 is 9.47 Å². The lowest BCUT2D eigenvalue weighted by molar-refractivity contribution is -0.149. The maximum Gasteiger partial charge on any atom is 0.311 e. The molecule has 0 N–H and O–H groups in total. The molecule has 24 heavy (non-hydrogen) atoms. The summed E-state index contributed by atoms with van der Waals surface area (Å²) in [6.07, 6.45) is 5.50. The number of halogens is 1. The maximum absolute atomic E-state index is 13.4. The Labute approximate surface area is 143 Å². The van der Waals surface area contributed by atoms with Gasteiger partial charge in [0.2, 0.25) is 0 Å². The predicted octanol–water partition coefficient (Wildman–Crippen LogP) is 4.80. The van der Waals surface area contributed by atoms with Crippen molar-refractivity contribution in [2.75, 3.05) is 0 Å². The van der Waals surface area contributed by atoms with Crippen molar-refractivity contribution in [3.8, 4) is 5.75 Å². The van der Waals surface area contributed by atoms with Crippen LogP contribution in [0.3, 0.4) is 0 Å². The van der Waals surface area contributed by atoms with Crippen LogP contribution in [0.2, 0.25) is 0 Å². The minimum absolute atomic E-state index is 0.0468. The van der Waals surface area contributed by atoms with E-state index in [4.69, 9.17) is 9.47 Å². The van der Waals surface area contributed by atoms with E-state index in [1.807, 2.05) is 6.92 Å². The van der Waals surface area contributed by atoms with Gasteiger partial charge in [-0.15, -0.1) is 0 Å². The summed E-state index contributed by atoms with van der Waals surface area (Å²) in [4.78, 5) is 23.5. The summed E-state index contributed by atoms with van der Waals surface area (Å²) >= 11 is 0. The van der Waals surface area contributed by atoms with E-state index in [2.05, 4.69) is 6.92 Å². The Balaban J connectivity index is 2.24. The van der Waals surface area contributed by atoms with Gasteiger partial charge in [-0.25, -0.2) is 4.39 Å². The highest BCUT2D eigenvalue weighted by atomic mass is 19.1. The molecule has 0 aliphatic carbocycles. The summed E-state index contributed by atoms with van der Waals surface area (Å²) in [6, 6.07) is 5.73. The second-order valence-corrected chi connectivity index (χ2v) is 5.77. The van der Waals surface area contributed by atoms with Crippen LogP contribution < -0.4 is 4.74 Å². The van der Waals surface area contributed by atoms with Crippen LogP contribution in [0, 0.1) is 5.82 Å². The zero-order chi connectivity index (χ0) is 17.8. The molecule has 1 aromatic rings. The summed E-state index contributed by atoms with van der Waals surface area (Å²) < 4.78 is 23.7. The highest BCUT2D eigenvalue weighted by Gasteiger charge is 2.14. The van der Waals surface area contributed by atoms with Crippen LogP contribution in [0.1, 0.15) is 65.2 Å². The Morgan fingerprint density at radius 2 is 1.75 bits per heavy atom. The molecule has 0 radical (unpaired) electrons. The van der Waals surface area contributed by atoms with Crippen LogP contribution in [0.25, 0.3) is 0 Å². The summed E-state index contributed by atoms with van der Waals surface area (Å²) in [6.45, 7) is 4.13. The molecular weight excluding hydrogens is 311 g/mol. The highest BCUT2D eigenvalue weighted by molar-refractivity contribution is 5.74. The molecule has 0 aliphatic heterocycles. The molecule has 0 fully saturated rings. The number of carbonyl (C=O) groups excluding carboxylic acids is 2. The Bertz CT molecular complexity index is 516. The molecule has 0 amide bonds. The number of unbranched alkanes of at least 4 members (excludes halogenated alkanes) is 2. The minimum Gasteiger partial charge on any atom is -0.462 e. The van der Waals surface area contributed by atoms with Crippen molar-refractivity contribution >= 4 is 11.9 Å². The summed E-state index contributed by atoms with van der Waals surface area (Å²) in [5, 5.41) is 0. The van der Waals surface area contributed by atoms with E-state index >= 15 is 0 Å². The fourth-order valence-electron chi connectivity index (χ4n) is 2.29. The quantitative estimate of drug-likeness (QED) is 0.330. The van der Waals surface area contributed by atoms with Gasteiger partial charge in [-0.2, -0.15) is 0 Å². The predicted molar refractivity (Wildman–Crippen MR) is 90.2 cm³/mol. The van der Waals surface area contributed by atoms with Crippen molar-refractivity contribution in [3.63, 3.8) is 0 Å². The molecule has 5 heteroatoms. The lowest BCUT2D eigenvalue weighted by Gasteiger charge is -2.15. The fraction of sp³-hybridized carbons (Fsp3) is 0.579. The first-order valence-electron chi connectivity index (χ1n) is 8.71. The Morgan fingerprint density at radius 1 is 1.04 bits per heavy atom. The van der Waals surface area contributed by atoms with E-state index in [1.54, 1.807) is 6.07 Å². The third-order valence-corrected chi connectivity index (χ3v) is 3.71. The average Bonchev–Trinajstić information content (AvgIpc) is 2.56. The first kappa shape index (κ1) is 20.1. The zero-order valence-corrected chi connectivity index (χ0v) is 14.6. The number of hydrogen-bond acceptors (Lipinski definition) is 4. The van der Waals surface area contributed by atoms with Gasteiger partial charge in [0, 0.05) is 12.8 Å². The van der Waals surface area contributed by atoms with E-state index in [0.29, 0.717) is 6.42 Å². The summed E-state index contributed by atoms with van der Waals surface area (Å²) in [5.74, 6) is -1.52. The number of hydrogen-bond donors (Lipinski definition) is 0. The molecule has 0 saturated carbocycles. The van der Waals surface area contributed by atoms with Crippen LogP contribution in [0.5, 0.6) is 5.75 Å². The molecule has 1 unspecified atom stereocenters. The molecule has 4 nitrogen and oxygen atoms in total. The molecule has 1 atom stereocenters. The molecule has 134 valence electrons. The number of esters is 2. The molecule has 1 rings (SSSR count). The second kappa shape index (κ2) is 11.6. The number of rotatable bonds is 11. The van der Waals surface area contributed by atoms with Crippen LogP contribution in [-0.2, 0) is 14.3 Å². The van der Waals surface area contributed by atoms with Gasteiger partial charge in [0.15, 0.2) is 11.6 Å². The molecule has 0 bridgehead atoms. The van der Waals surface area contributed by atoms with E-state index < -0.39 is 11.8 Å². The highest BCUT2D eigenvalue weighted by Crippen LogP contribution is 2.17. The molecule has 1 aromatic carbocycles. The molecule has 0 aliphatic rings. The van der Waals surface area contributed by atoms with Crippen molar-refractivity contribution in [2.45, 2.75) is 71.3 Å². The van der Waals surface area contributed by atoms with E-state index in [0.717, 1.165) is 32.1 Å². The van der Waals surface area contributed by atoms with Crippen LogP contribution >= 0.6 is 0 Å². The van der Waals surface area contributed by atoms with Gasteiger partial charge in [0.25, 0.3) is 0 Å². The van der Waals surface area contributed by atoms with Gasteiger partial charge in [-0.1, -0.05) is 38.8 Å². The number of para-hydroxylation sites is 1. The fourth-order valence-corrected chi connectivity index (χ4v) is 2.29. The van der Waals surface area contributed by atoms with Crippen molar-refractivity contribution in [1.82, 2.24) is 0 Å². The van der Waals surface area contributed by atoms with Crippen LogP contribution in [0.4, 0.5) is 4.39 Å². The monoisotopic (exact) mass is 338 g/mol. The maximum atomic E-state index is 13.4. The lowest BCUT2D eigenvalue weighted by atomic mass is 10.1. The van der Waals surface area contributed by atoms with Crippen molar-refractivity contribution < 1.29 is 23.5 Å². The smallest absolute Gasteiger partial charge is 0.311 e. The topological polar surface area (TPSA) is 52.6 Å². The Morgan fingerprint density at radius 3 is 2.42 bits per heavy atom. The van der Waals surface area contributed by atoms with E-state index in [1.165, 1.54) is 18.2 Å². The number of benzene rings is 1. The van der Waals surface area contributed by atoms with E-state index in [9.17, 15) is 14.0 Å². The lowest BCUT2D eigenvalue weighted by Crippen LogP contribution is -2.18. The van der Waals surface area contributed by atoms with Gasteiger partial charge >= 0.3 is 11.9 Å². The number of ether oxygens (including phenoxy) is 2. The summed E-state index contributed by atoms with van der Waals surface area (Å²) in [5.41, 5.74) is 0. The molecular formula is C19H27FO4. The summed E-state index contributed by atoms with van der Waals surface area (Å²) in [7, 11) is 0. The third kappa shape index (κ3) is 8.09. The third-order valence-electron chi connectivity index (χ3n) is 3.71. The molecule has 0 heterocycles. The van der Waals surface area contributed by atoms with Gasteiger partial charge in [-0.3, -0.25) is 9.59 Å². The number of carbonyl (C=O) groups is 2. The van der Waals surface area contributed by atoms with Crippen LogP contribution in [0.15, 0.2) is 24.3 Å². The minimum atomic E-state index is -0.580. The van der Waals surface area contributed by atoms with Gasteiger partial charge in [0.05, 0.1) is 0 Å². The van der Waals surface area contributed by atoms with Crippen molar-refractivity contribution in [3.05, 3.63) is 30.1 Å². The molecule has 0 spiro atoms. The standard InChI is InChI=1S/C19H27FO4/c1-3-5-6-10-15(4-2)23-18(21)13-9-14-19(22)24-17-12-8-7-11-16(17)20/h7-8,11-12,15H,3-6,9-10,13-14H2,1-2H3. The molecule has 0 saturated heterocycles. The van der Waals surface area contributed by atoms with E-state index in [-0.39, 0.29) is 30.7 Å². The average molecular weight is 338 g/mol. The first-order valence-corrected chi connectivity index (χ1v) is 8.71. The van der Waals surface area contributed by atoms with Crippen molar-refractivity contribution in [2.24, 2.45) is 0 Å². The second-order valence-electron chi connectivity index (χ2n) is 5.77. The van der Waals surface area contributed by atoms with Gasteiger partial charge in [0.1, 0.15) is 6.10 Å².